The lowest BCUT2D eigenvalue weighted by molar-refractivity contribution is -0.113. The Kier molecular flexibility index (Phi) is 5.03. The fraction of sp³-hybridized carbons (Fsp3) is 0.0625. The van der Waals surface area contributed by atoms with Crippen molar-refractivity contribution in [3.63, 3.8) is 0 Å². The lowest BCUT2D eigenvalue weighted by Gasteiger charge is -2.05. The topological polar surface area (TPSA) is 68.0 Å². The summed E-state index contributed by atoms with van der Waals surface area (Å²) in [5.74, 6) is -2.58. The van der Waals surface area contributed by atoms with Crippen molar-refractivity contribution in [2.45, 2.75) is 5.22 Å². The largest absolute Gasteiger partial charge is 0.411 e. The van der Waals surface area contributed by atoms with Crippen molar-refractivity contribution < 1.29 is 22.4 Å². The van der Waals surface area contributed by atoms with E-state index in [1.54, 1.807) is 6.07 Å². The number of hydrogen-bond acceptors (Lipinski definition) is 5. The predicted molar refractivity (Wildman–Crippen MR) is 85.4 cm³/mol. The molecule has 25 heavy (non-hydrogen) atoms. The Balaban J connectivity index is 1.59. The molecule has 0 atom stereocenters. The van der Waals surface area contributed by atoms with Gasteiger partial charge in [0.1, 0.15) is 17.5 Å². The number of anilines is 1. The maximum absolute atomic E-state index is 13.5. The molecule has 3 rings (SSSR count). The van der Waals surface area contributed by atoms with Crippen LogP contribution in [0.2, 0.25) is 0 Å². The zero-order chi connectivity index (χ0) is 17.8. The van der Waals surface area contributed by atoms with E-state index in [9.17, 15) is 18.0 Å². The van der Waals surface area contributed by atoms with E-state index in [2.05, 4.69) is 15.5 Å². The molecule has 5 nitrogen and oxygen atoms in total. The van der Waals surface area contributed by atoms with Crippen LogP contribution in [0.5, 0.6) is 0 Å². The molecule has 0 fully saturated rings. The average molecular weight is 365 g/mol. The minimum absolute atomic E-state index is 0.106. The Hall–Kier alpha value is -2.81. The lowest BCUT2D eigenvalue weighted by atomic mass is 10.2. The summed E-state index contributed by atoms with van der Waals surface area (Å²) in [6, 6.07) is 8.48. The number of benzene rings is 2. The maximum atomic E-state index is 13.5. The van der Waals surface area contributed by atoms with E-state index in [0.29, 0.717) is 11.6 Å². The summed E-state index contributed by atoms with van der Waals surface area (Å²) in [5, 5.41) is 9.94. The van der Waals surface area contributed by atoms with E-state index in [4.69, 9.17) is 4.42 Å². The van der Waals surface area contributed by atoms with Crippen molar-refractivity contribution in [2.24, 2.45) is 0 Å². The third-order valence-corrected chi connectivity index (χ3v) is 3.83. The van der Waals surface area contributed by atoms with E-state index in [1.807, 2.05) is 0 Å². The second-order valence-corrected chi connectivity index (χ2v) is 5.77. The van der Waals surface area contributed by atoms with Crippen molar-refractivity contribution in [2.75, 3.05) is 11.1 Å². The van der Waals surface area contributed by atoms with Crippen LogP contribution in [0.4, 0.5) is 18.9 Å². The molecule has 9 heteroatoms. The van der Waals surface area contributed by atoms with Gasteiger partial charge in [-0.2, -0.15) is 0 Å². The quantitative estimate of drug-likeness (QED) is 0.695. The van der Waals surface area contributed by atoms with Gasteiger partial charge in [0.25, 0.3) is 5.22 Å². The molecule has 0 unspecified atom stereocenters. The molecule has 0 spiro atoms. The predicted octanol–water partition coefficient (Wildman–Crippen LogP) is 3.88. The van der Waals surface area contributed by atoms with Crippen LogP contribution in [-0.4, -0.2) is 21.9 Å². The monoisotopic (exact) mass is 365 g/mol. The Bertz CT molecular complexity index is 917. The average Bonchev–Trinajstić information content (AvgIpc) is 3.05. The molecular formula is C16H10F3N3O2S. The van der Waals surface area contributed by atoms with Crippen LogP contribution in [0.3, 0.4) is 0 Å². The number of rotatable bonds is 5. The van der Waals surface area contributed by atoms with Crippen LogP contribution in [0, 0.1) is 17.5 Å². The summed E-state index contributed by atoms with van der Waals surface area (Å²) in [6.45, 7) is 0. The minimum Gasteiger partial charge on any atom is -0.411 e. The van der Waals surface area contributed by atoms with E-state index in [-0.39, 0.29) is 22.6 Å². The fourth-order valence-electron chi connectivity index (χ4n) is 1.91. The number of nitrogens with one attached hydrogen (secondary N) is 1. The zero-order valence-corrected chi connectivity index (χ0v) is 13.3. The molecule has 0 aliphatic rings. The lowest BCUT2D eigenvalue weighted by Crippen LogP contribution is -2.15. The first-order valence-electron chi connectivity index (χ1n) is 6.98. The molecule has 0 aliphatic heterocycles. The Morgan fingerprint density at radius 1 is 1.08 bits per heavy atom. The number of hydrogen-bond donors (Lipinski definition) is 1. The molecule has 0 saturated carbocycles. The molecule has 1 heterocycles. The molecule has 2 aromatic carbocycles. The molecule has 0 bridgehead atoms. The van der Waals surface area contributed by atoms with Gasteiger partial charge in [0.05, 0.1) is 11.4 Å². The van der Waals surface area contributed by atoms with Crippen LogP contribution in [0.25, 0.3) is 11.5 Å². The second-order valence-electron chi connectivity index (χ2n) is 4.84. The summed E-state index contributed by atoms with van der Waals surface area (Å²) >= 11 is 0.934. The van der Waals surface area contributed by atoms with Crippen LogP contribution in [0.1, 0.15) is 0 Å². The van der Waals surface area contributed by atoms with Crippen LogP contribution < -0.4 is 5.32 Å². The van der Waals surface area contributed by atoms with Crippen molar-refractivity contribution in [1.82, 2.24) is 10.2 Å². The molecule has 3 aromatic rings. The SMILES string of the molecule is O=C(CSc1nnc(-c2cccc(F)c2)o1)Nc1ccc(F)cc1F. The number of amides is 1. The summed E-state index contributed by atoms with van der Waals surface area (Å²) in [5.41, 5.74) is 0.287. The number of nitrogens with zero attached hydrogens (tertiary/aromatic N) is 2. The van der Waals surface area contributed by atoms with E-state index in [1.165, 1.54) is 18.2 Å². The van der Waals surface area contributed by atoms with Gasteiger partial charge < -0.3 is 9.73 Å². The number of carbonyl (C=O) groups excluding carboxylic acids is 1. The van der Waals surface area contributed by atoms with Crippen molar-refractivity contribution in [3.8, 4) is 11.5 Å². The highest BCUT2D eigenvalue weighted by molar-refractivity contribution is 7.99. The molecule has 0 radical (unpaired) electrons. The molecule has 1 N–H and O–H groups in total. The first-order valence-corrected chi connectivity index (χ1v) is 7.97. The summed E-state index contributed by atoms with van der Waals surface area (Å²) in [7, 11) is 0. The fourth-order valence-corrected chi connectivity index (χ4v) is 2.47. The smallest absolute Gasteiger partial charge is 0.277 e. The van der Waals surface area contributed by atoms with Gasteiger partial charge in [0.2, 0.25) is 11.8 Å². The minimum atomic E-state index is -0.871. The van der Waals surface area contributed by atoms with Gasteiger partial charge in [0, 0.05) is 11.6 Å². The maximum Gasteiger partial charge on any atom is 0.277 e. The summed E-state index contributed by atoms with van der Waals surface area (Å²) in [6.07, 6.45) is 0. The van der Waals surface area contributed by atoms with Crippen molar-refractivity contribution in [3.05, 3.63) is 59.9 Å². The highest BCUT2D eigenvalue weighted by Crippen LogP contribution is 2.24. The molecule has 128 valence electrons. The van der Waals surface area contributed by atoms with Gasteiger partial charge >= 0.3 is 0 Å². The third-order valence-electron chi connectivity index (χ3n) is 3.01. The second kappa shape index (κ2) is 7.39. The third kappa shape index (κ3) is 4.38. The normalized spacial score (nSPS) is 10.7. The molecule has 1 aromatic heterocycles. The van der Waals surface area contributed by atoms with Crippen LogP contribution in [0.15, 0.2) is 52.1 Å². The molecular weight excluding hydrogens is 355 g/mol. The highest BCUT2D eigenvalue weighted by atomic mass is 32.2. The van der Waals surface area contributed by atoms with Gasteiger partial charge in [-0.3, -0.25) is 4.79 Å². The summed E-state index contributed by atoms with van der Waals surface area (Å²) < 4.78 is 44.8. The van der Waals surface area contributed by atoms with Gasteiger partial charge in [-0.1, -0.05) is 17.8 Å². The number of halogens is 3. The van der Waals surface area contributed by atoms with Gasteiger partial charge in [-0.25, -0.2) is 13.2 Å². The van der Waals surface area contributed by atoms with Crippen LogP contribution in [-0.2, 0) is 4.79 Å². The molecule has 0 saturated heterocycles. The van der Waals surface area contributed by atoms with Gasteiger partial charge in [-0.05, 0) is 30.3 Å². The zero-order valence-electron chi connectivity index (χ0n) is 12.5. The Morgan fingerprint density at radius 3 is 2.64 bits per heavy atom. The van der Waals surface area contributed by atoms with Crippen LogP contribution >= 0.6 is 11.8 Å². The first-order chi connectivity index (χ1) is 12.0. The standard InChI is InChI=1S/C16H10F3N3O2S/c17-10-3-1-2-9(6-10)15-21-22-16(24-15)25-8-14(23)20-13-5-4-11(18)7-12(13)19/h1-7H,8H2,(H,20,23). The number of carbonyl (C=O) groups is 1. The highest BCUT2D eigenvalue weighted by Gasteiger charge is 2.13. The molecule has 1 amide bonds. The van der Waals surface area contributed by atoms with Crippen molar-refractivity contribution >= 4 is 23.4 Å². The van der Waals surface area contributed by atoms with E-state index < -0.39 is 23.4 Å². The van der Waals surface area contributed by atoms with E-state index >= 15 is 0 Å². The summed E-state index contributed by atoms with van der Waals surface area (Å²) in [4.78, 5) is 11.8. The first kappa shape index (κ1) is 17.0. The number of thioether (sulfide) groups is 1. The van der Waals surface area contributed by atoms with Crippen molar-refractivity contribution in [1.29, 1.82) is 0 Å². The number of aromatic nitrogens is 2. The van der Waals surface area contributed by atoms with E-state index in [0.717, 1.165) is 23.9 Å². The van der Waals surface area contributed by atoms with Gasteiger partial charge in [0.15, 0.2) is 0 Å². The Morgan fingerprint density at radius 2 is 1.88 bits per heavy atom. The van der Waals surface area contributed by atoms with Gasteiger partial charge in [-0.15, -0.1) is 10.2 Å². The Labute approximate surface area is 144 Å². The molecule has 0 aliphatic carbocycles.